The maximum atomic E-state index is 11.8. The van der Waals surface area contributed by atoms with Crippen molar-refractivity contribution in [2.75, 3.05) is 5.32 Å². The molecule has 108 valence electrons. The van der Waals surface area contributed by atoms with Crippen molar-refractivity contribution in [2.24, 2.45) is 0 Å². The number of carbonyl (C=O) groups is 2. The van der Waals surface area contributed by atoms with E-state index in [2.05, 4.69) is 5.32 Å². The van der Waals surface area contributed by atoms with Gasteiger partial charge in [0, 0.05) is 11.0 Å². The van der Waals surface area contributed by atoms with Gasteiger partial charge < -0.3 is 15.5 Å². The number of phenols is 1. The second kappa shape index (κ2) is 6.23. The molecule has 2 aromatic rings. The third kappa shape index (κ3) is 3.49. The molecule has 0 unspecified atom stereocenters. The number of carboxylic acid groups (broad SMARTS) is 1. The van der Waals surface area contributed by atoms with E-state index in [-0.39, 0.29) is 11.3 Å². The molecule has 0 radical (unpaired) electrons. The van der Waals surface area contributed by atoms with E-state index in [1.165, 1.54) is 35.6 Å². The molecule has 0 fully saturated rings. The fourth-order valence-electron chi connectivity index (χ4n) is 1.70. The maximum absolute atomic E-state index is 11.8. The van der Waals surface area contributed by atoms with Gasteiger partial charge in [-0.1, -0.05) is 6.07 Å². The SMILES string of the molecule is Cc1ccsc1/C=C/C(=O)Nc1cccc(C(=O)O)c1O. The highest BCUT2D eigenvalue weighted by atomic mass is 32.1. The van der Waals surface area contributed by atoms with Crippen LogP contribution in [-0.4, -0.2) is 22.1 Å². The van der Waals surface area contributed by atoms with Gasteiger partial charge in [0.1, 0.15) is 5.56 Å². The Hall–Kier alpha value is -2.60. The minimum absolute atomic E-state index is 0.0625. The lowest BCUT2D eigenvalue weighted by Gasteiger charge is -2.07. The van der Waals surface area contributed by atoms with Crippen LogP contribution in [0.2, 0.25) is 0 Å². The van der Waals surface area contributed by atoms with E-state index in [1.807, 2.05) is 18.4 Å². The van der Waals surface area contributed by atoms with Crippen LogP contribution in [0.25, 0.3) is 6.08 Å². The molecule has 21 heavy (non-hydrogen) atoms. The predicted octanol–water partition coefficient (Wildman–Crippen LogP) is 3.11. The average Bonchev–Trinajstić information content (AvgIpc) is 2.84. The number of hydrogen-bond acceptors (Lipinski definition) is 4. The molecular weight excluding hydrogens is 290 g/mol. The molecule has 1 heterocycles. The minimum Gasteiger partial charge on any atom is -0.505 e. The first-order chi connectivity index (χ1) is 9.99. The van der Waals surface area contributed by atoms with Crippen molar-refractivity contribution in [1.82, 2.24) is 0 Å². The fraction of sp³-hybridized carbons (Fsp3) is 0.0667. The van der Waals surface area contributed by atoms with Crippen molar-refractivity contribution in [3.05, 3.63) is 51.7 Å². The number of aryl methyl sites for hydroxylation is 1. The number of carboxylic acids is 1. The zero-order valence-electron chi connectivity index (χ0n) is 11.2. The van der Waals surface area contributed by atoms with E-state index in [4.69, 9.17) is 5.11 Å². The van der Waals surface area contributed by atoms with Gasteiger partial charge >= 0.3 is 5.97 Å². The van der Waals surface area contributed by atoms with Gasteiger partial charge in [-0.15, -0.1) is 11.3 Å². The number of rotatable bonds is 4. The van der Waals surface area contributed by atoms with Crippen LogP contribution < -0.4 is 5.32 Å². The lowest BCUT2D eigenvalue weighted by atomic mass is 10.1. The normalized spacial score (nSPS) is 10.7. The Morgan fingerprint density at radius 2 is 2.05 bits per heavy atom. The highest BCUT2D eigenvalue weighted by Gasteiger charge is 2.13. The van der Waals surface area contributed by atoms with Gasteiger partial charge in [-0.25, -0.2) is 4.79 Å². The number of nitrogens with one attached hydrogen (secondary N) is 1. The monoisotopic (exact) mass is 303 g/mol. The number of thiophene rings is 1. The Kier molecular flexibility index (Phi) is 4.39. The summed E-state index contributed by atoms with van der Waals surface area (Å²) in [6.45, 7) is 1.94. The molecule has 0 spiro atoms. The molecule has 0 atom stereocenters. The van der Waals surface area contributed by atoms with Crippen molar-refractivity contribution in [3.63, 3.8) is 0 Å². The summed E-state index contributed by atoms with van der Waals surface area (Å²) in [5.74, 6) is -2.16. The molecule has 1 amide bonds. The van der Waals surface area contributed by atoms with Gasteiger partial charge in [0.2, 0.25) is 5.91 Å². The summed E-state index contributed by atoms with van der Waals surface area (Å²) in [7, 11) is 0. The topological polar surface area (TPSA) is 86.6 Å². The van der Waals surface area contributed by atoms with Crippen LogP contribution in [0.5, 0.6) is 5.75 Å². The van der Waals surface area contributed by atoms with E-state index in [1.54, 1.807) is 6.08 Å². The Morgan fingerprint density at radius 3 is 2.67 bits per heavy atom. The Bertz CT molecular complexity index is 718. The summed E-state index contributed by atoms with van der Waals surface area (Å²) in [5.41, 5.74) is 0.873. The molecule has 0 aliphatic rings. The Balaban J connectivity index is 2.13. The fourth-order valence-corrected chi connectivity index (χ4v) is 2.52. The van der Waals surface area contributed by atoms with Crippen molar-refractivity contribution in [2.45, 2.75) is 6.92 Å². The number of carbonyl (C=O) groups excluding carboxylic acids is 1. The molecule has 1 aromatic heterocycles. The highest BCUT2D eigenvalue weighted by Crippen LogP contribution is 2.27. The van der Waals surface area contributed by atoms with Gasteiger partial charge in [-0.05, 0) is 42.1 Å². The predicted molar refractivity (Wildman–Crippen MR) is 81.8 cm³/mol. The second-order valence-electron chi connectivity index (χ2n) is 4.30. The van der Waals surface area contributed by atoms with E-state index < -0.39 is 17.6 Å². The largest absolute Gasteiger partial charge is 0.505 e. The molecule has 5 nitrogen and oxygen atoms in total. The van der Waals surface area contributed by atoms with Gasteiger partial charge in [-0.3, -0.25) is 4.79 Å². The van der Waals surface area contributed by atoms with E-state index in [0.29, 0.717) is 0 Å². The van der Waals surface area contributed by atoms with Crippen LogP contribution in [0.4, 0.5) is 5.69 Å². The Labute approximate surface area is 125 Å². The quantitative estimate of drug-likeness (QED) is 0.598. The molecule has 0 saturated heterocycles. The first-order valence-corrected chi connectivity index (χ1v) is 6.95. The van der Waals surface area contributed by atoms with E-state index >= 15 is 0 Å². The molecule has 0 aliphatic heterocycles. The number of aromatic hydroxyl groups is 1. The van der Waals surface area contributed by atoms with Crippen LogP contribution >= 0.6 is 11.3 Å². The number of benzene rings is 1. The minimum atomic E-state index is -1.26. The summed E-state index contributed by atoms with van der Waals surface area (Å²) in [6, 6.07) is 6.10. The van der Waals surface area contributed by atoms with Crippen LogP contribution in [0.15, 0.2) is 35.7 Å². The van der Waals surface area contributed by atoms with E-state index in [0.717, 1.165) is 10.4 Å². The molecule has 1 aromatic carbocycles. The first kappa shape index (κ1) is 14.8. The number of amides is 1. The maximum Gasteiger partial charge on any atom is 0.339 e. The van der Waals surface area contributed by atoms with Crippen molar-refractivity contribution in [3.8, 4) is 5.75 Å². The number of aromatic carboxylic acids is 1. The lowest BCUT2D eigenvalue weighted by Crippen LogP contribution is -2.09. The van der Waals surface area contributed by atoms with E-state index in [9.17, 15) is 14.7 Å². The third-order valence-corrected chi connectivity index (χ3v) is 3.80. The number of anilines is 1. The summed E-state index contributed by atoms with van der Waals surface area (Å²) in [6.07, 6.45) is 3.01. The second-order valence-corrected chi connectivity index (χ2v) is 5.25. The number of hydrogen-bond donors (Lipinski definition) is 3. The summed E-state index contributed by atoms with van der Waals surface area (Å²) in [5, 5.41) is 23.1. The molecular formula is C15H13NO4S. The zero-order valence-corrected chi connectivity index (χ0v) is 12.0. The molecule has 3 N–H and O–H groups in total. The summed E-state index contributed by atoms with van der Waals surface area (Å²) in [4.78, 5) is 23.7. The van der Waals surface area contributed by atoms with Gasteiger partial charge in [0.25, 0.3) is 0 Å². The van der Waals surface area contributed by atoms with Crippen molar-refractivity contribution < 1.29 is 19.8 Å². The number of para-hydroxylation sites is 1. The van der Waals surface area contributed by atoms with Gasteiger partial charge in [0.05, 0.1) is 5.69 Å². The van der Waals surface area contributed by atoms with Gasteiger partial charge in [0.15, 0.2) is 5.75 Å². The first-order valence-electron chi connectivity index (χ1n) is 6.07. The van der Waals surface area contributed by atoms with Crippen molar-refractivity contribution >= 4 is 35.0 Å². The van der Waals surface area contributed by atoms with Crippen LogP contribution in [0.3, 0.4) is 0 Å². The lowest BCUT2D eigenvalue weighted by molar-refractivity contribution is -0.111. The summed E-state index contributed by atoms with van der Waals surface area (Å²) < 4.78 is 0. The zero-order chi connectivity index (χ0) is 15.4. The average molecular weight is 303 g/mol. The highest BCUT2D eigenvalue weighted by molar-refractivity contribution is 7.11. The molecule has 0 bridgehead atoms. The summed E-state index contributed by atoms with van der Waals surface area (Å²) >= 11 is 1.51. The van der Waals surface area contributed by atoms with Gasteiger partial charge in [-0.2, -0.15) is 0 Å². The van der Waals surface area contributed by atoms with Crippen LogP contribution in [-0.2, 0) is 4.79 Å². The molecule has 6 heteroatoms. The standard InChI is InChI=1S/C15H13NO4S/c1-9-7-8-21-12(9)5-6-13(17)16-11-4-2-3-10(14(11)18)15(19)20/h2-8,18H,1H3,(H,16,17)(H,19,20)/b6-5+. The van der Waals surface area contributed by atoms with Crippen molar-refractivity contribution in [1.29, 1.82) is 0 Å². The van der Waals surface area contributed by atoms with Crippen LogP contribution in [0, 0.1) is 6.92 Å². The molecule has 2 rings (SSSR count). The smallest absolute Gasteiger partial charge is 0.339 e. The Morgan fingerprint density at radius 1 is 1.29 bits per heavy atom. The molecule has 0 saturated carbocycles. The van der Waals surface area contributed by atoms with Crippen LogP contribution in [0.1, 0.15) is 20.8 Å². The molecule has 0 aliphatic carbocycles. The third-order valence-electron chi connectivity index (χ3n) is 2.81.